The van der Waals surface area contributed by atoms with Crippen LogP contribution in [0.2, 0.25) is 0 Å². The first-order chi connectivity index (χ1) is 29.1. The predicted molar refractivity (Wildman–Crippen MR) is 221 cm³/mol. The second-order valence-corrected chi connectivity index (χ2v) is 18.0. The van der Waals surface area contributed by atoms with Crippen molar-refractivity contribution >= 4 is 40.1 Å². The minimum atomic E-state index is -0.715. The summed E-state index contributed by atoms with van der Waals surface area (Å²) in [7, 11) is 0. The van der Waals surface area contributed by atoms with Crippen molar-refractivity contribution in [1.29, 1.82) is 0 Å². The summed E-state index contributed by atoms with van der Waals surface area (Å²) >= 11 is 0. The maximum absolute atomic E-state index is 15.5. The Morgan fingerprint density at radius 1 is 0.800 bits per heavy atom. The maximum Gasteiger partial charge on any atom is 0.255 e. The van der Waals surface area contributed by atoms with E-state index >= 15 is 4.39 Å². The monoisotopic (exact) mass is 822 g/mol. The van der Waals surface area contributed by atoms with Gasteiger partial charge in [0.25, 0.3) is 5.91 Å². The zero-order valence-electron chi connectivity index (χ0n) is 34.1. The quantitative estimate of drug-likeness (QED) is 0.214. The number of nitrogens with one attached hydrogen (secondary N) is 2. The second kappa shape index (κ2) is 15.7. The Hall–Kier alpha value is -5.22. The number of benzene rings is 2. The molecule has 0 radical (unpaired) electrons. The molecule has 1 atom stereocenters. The van der Waals surface area contributed by atoms with E-state index in [4.69, 9.17) is 4.74 Å². The van der Waals surface area contributed by atoms with Crippen molar-refractivity contribution in [1.82, 2.24) is 40.2 Å². The lowest BCUT2D eigenvalue weighted by Crippen LogP contribution is -2.52. The number of hydrogen-bond acceptors (Lipinski definition) is 11. The molecule has 60 heavy (non-hydrogen) atoms. The number of piperidine rings is 1. The summed E-state index contributed by atoms with van der Waals surface area (Å²) < 4.78 is 36.2. The Morgan fingerprint density at radius 3 is 2.15 bits per heavy atom. The lowest BCUT2D eigenvalue weighted by Gasteiger charge is -2.40. The number of piperazine rings is 2. The normalized spacial score (nSPS) is 24.9. The lowest BCUT2D eigenvalue weighted by molar-refractivity contribution is -0.136. The van der Waals surface area contributed by atoms with Crippen molar-refractivity contribution in [2.45, 2.75) is 76.5 Å². The molecule has 2 N–H and O–H groups in total. The molecule has 2 aliphatic carbocycles. The van der Waals surface area contributed by atoms with Crippen molar-refractivity contribution in [3.05, 3.63) is 59.4 Å². The topological polar surface area (TPSA) is 143 Å². The predicted octanol–water partition coefficient (Wildman–Crippen LogP) is 4.74. The first-order valence-electron chi connectivity index (χ1n) is 21.7. The van der Waals surface area contributed by atoms with E-state index in [1.165, 1.54) is 42.7 Å². The number of carbonyl (C=O) groups excluding carboxylic acids is 3. The molecule has 0 bridgehead atoms. The van der Waals surface area contributed by atoms with Crippen LogP contribution in [-0.4, -0.2) is 130 Å². The molecule has 4 aromatic rings. The Morgan fingerprint density at radius 2 is 1.48 bits per heavy atom. The molecule has 16 heteroatoms. The van der Waals surface area contributed by atoms with Crippen LogP contribution in [0.5, 0.6) is 5.75 Å². The number of imide groups is 1. The molecule has 2 aromatic carbocycles. The number of hydrogen-bond donors (Lipinski definition) is 2. The van der Waals surface area contributed by atoms with Crippen LogP contribution < -0.4 is 19.9 Å². The van der Waals surface area contributed by atoms with Crippen LogP contribution in [0.1, 0.15) is 74.2 Å². The lowest BCUT2D eigenvalue weighted by atomic mass is 9.81. The van der Waals surface area contributed by atoms with Gasteiger partial charge in [-0.15, -0.1) is 0 Å². The molecule has 2 saturated carbocycles. The van der Waals surface area contributed by atoms with Crippen LogP contribution in [0.25, 0.3) is 22.3 Å². The number of nitrogens with zero attached hydrogens (tertiary/aromatic N) is 8. The van der Waals surface area contributed by atoms with Gasteiger partial charge < -0.3 is 19.4 Å². The molecule has 316 valence electrons. The van der Waals surface area contributed by atoms with E-state index in [0.29, 0.717) is 40.0 Å². The van der Waals surface area contributed by atoms with E-state index < -0.39 is 23.6 Å². The number of rotatable bonds is 10. The van der Waals surface area contributed by atoms with E-state index in [-0.39, 0.29) is 42.6 Å². The third-order valence-corrected chi connectivity index (χ3v) is 13.8. The van der Waals surface area contributed by atoms with E-state index in [2.05, 4.69) is 45.1 Å². The van der Waals surface area contributed by atoms with Gasteiger partial charge in [0.2, 0.25) is 11.8 Å². The van der Waals surface area contributed by atoms with Gasteiger partial charge in [-0.05, 0) is 87.5 Å². The Balaban J connectivity index is 0.671. The number of aromatic nitrogens is 4. The number of halogens is 2. The van der Waals surface area contributed by atoms with Crippen molar-refractivity contribution in [2.75, 3.05) is 75.2 Å². The van der Waals surface area contributed by atoms with Crippen LogP contribution in [0.4, 0.5) is 20.3 Å². The number of H-pyrrole nitrogens is 1. The molecular weight excluding hydrogens is 771 g/mol. The molecule has 6 aliphatic rings. The smallest absolute Gasteiger partial charge is 0.255 e. The number of ether oxygens (including phenoxy) is 1. The zero-order valence-corrected chi connectivity index (χ0v) is 34.1. The molecule has 4 aliphatic heterocycles. The fourth-order valence-electron chi connectivity index (χ4n) is 9.96. The highest BCUT2D eigenvalue weighted by Gasteiger charge is 2.42. The van der Waals surface area contributed by atoms with Gasteiger partial charge >= 0.3 is 0 Å². The molecule has 0 spiro atoms. The molecule has 5 fully saturated rings. The number of carbonyl (C=O) groups is 3. The van der Waals surface area contributed by atoms with Gasteiger partial charge in [0, 0.05) is 101 Å². The van der Waals surface area contributed by atoms with Crippen LogP contribution in [0.3, 0.4) is 0 Å². The first-order valence-corrected chi connectivity index (χ1v) is 21.7. The number of amides is 3. The van der Waals surface area contributed by atoms with E-state index in [1.807, 2.05) is 13.0 Å². The highest BCUT2D eigenvalue weighted by atomic mass is 19.1. The summed E-state index contributed by atoms with van der Waals surface area (Å²) in [5, 5.41) is 10.6. The Bertz CT molecular complexity index is 2310. The van der Waals surface area contributed by atoms with Gasteiger partial charge in [0.1, 0.15) is 35.3 Å². The molecule has 1 unspecified atom stereocenters. The summed E-state index contributed by atoms with van der Waals surface area (Å²) in [6.07, 6.45) is 8.83. The molecule has 10 rings (SSSR count). The van der Waals surface area contributed by atoms with Gasteiger partial charge in [0.05, 0.1) is 16.9 Å². The fourth-order valence-corrected chi connectivity index (χ4v) is 9.96. The number of fused-ring (bicyclic) bond motifs is 2. The van der Waals surface area contributed by atoms with E-state index in [1.54, 1.807) is 18.5 Å². The largest absolute Gasteiger partial charge is 0.484 e. The average molecular weight is 823 g/mol. The van der Waals surface area contributed by atoms with Gasteiger partial charge in [0.15, 0.2) is 11.6 Å². The highest BCUT2D eigenvalue weighted by Crippen LogP contribution is 2.42. The number of anilines is 2. The minimum Gasteiger partial charge on any atom is -0.484 e. The third kappa shape index (κ3) is 7.79. The van der Waals surface area contributed by atoms with Gasteiger partial charge in [-0.2, -0.15) is 5.10 Å². The first kappa shape index (κ1) is 38.9. The highest BCUT2D eigenvalue weighted by molar-refractivity contribution is 6.05. The summed E-state index contributed by atoms with van der Waals surface area (Å²) in [5.41, 5.74) is 3.20. The minimum absolute atomic E-state index is 0.186. The molecule has 3 amide bonds. The summed E-state index contributed by atoms with van der Waals surface area (Å²) in [6, 6.07) is 7.55. The SMILES string of the molecule is CC1(Oc2cc3c(-c4cc(N5CCN(CC6CCC(CN7CCN(c8cc9c(cc8F)C(=O)N(C8CCC(=O)NC8=O)C9)CC7)CC6)CC5)ncn4)n[nH]c3cc2F)CC1. The standard InChI is InChI=1S/C44H52F2N10O4/c1-44(8-9-44)60-38-20-31-34(21-33(38)46)50-51-41(31)35-22-39(48-26-47-35)55-16-12-53(13-17-55)24-28-4-2-27(3-5-28)23-52-10-14-54(15-11-52)37-18-29-25-56(43(59)30(29)19-32(37)45)36-6-7-40(57)49-42(36)58/h18-22,26-28,36H,2-17,23-25H2,1H3,(H,50,51)(H,49,57,58). The Kier molecular flexibility index (Phi) is 10.2. The third-order valence-electron chi connectivity index (χ3n) is 13.8. The second-order valence-electron chi connectivity index (χ2n) is 18.0. The van der Waals surface area contributed by atoms with Gasteiger partial charge in [-0.3, -0.25) is 34.6 Å². The zero-order chi connectivity index (χ0) is 41.1. The summed E-state index contributed by atoms with van der Waals surface area (Å²) in [4.78, 5) is 57.4. The van der Waals surface area contributed by atoms with E-state index in [0.717, 1.165) is 95.1 Å². The van der Waals surface area contributed by atoms with Crippen LogP contribution >= 0.6 is 0 Å². The van der Waals surface area contributed by atoms with Crippen molar-refractivity contribution in [3.8, 4) is 17.1 Å². The average Bonchev–Trinajstić information content (AvgIpc) is 3.71. The number of aromatic amines is 1. The Labute approximate surface area is 347 Å². The van der Waals surface area contributed by atoms with Crippen molar-refractivity contribution in [3.63, 3.8) is 0 Å². The van der Waals surface area contributed by atoms with Crippen molar-refractivity contribution < 1.29 is 27.9 Å². The van der Waals surface area contributed by atoms with Crippen LogP contribution in [0.15, 0.2) is 36.7 Å². The maximum atomic E-state index is 15.5. The summed E-state index contributed by atoms with van der Waals surface area (Å²) in [5.74, 6) is 0.525. The van der Waals surface area contributed by atoms with E-state index in [9.17, 15) is 18.8 Å². The van der Waals surface area contributed by atoms with Gasteiger partial charge in [-0.25, -0.2) is 18.7 Å². The summed E-state index contributed by atoms with van der Waals surface area (Å²) in [6.45, 7) is 11.3. The molecule has 14 nitrogen and oxygen atoms in total. The van der Waals surface area contributed by atoms with Crippen molar-refractivity contribution in [2.24, 2.45) is 11.8 Å². The molecular formula is C44H52F2N10O4. The fraction of sp³-hybridized carbons (Fsp3) is 0.545. The van der Waals surface area contributed by atoms with Crippen LogP contribution in [0, 0.1) is 23.5 Å². The molecule has 6 heterocycles. The van der Waals surface area contributed by atoms with Gasteiger partial charge in [-0.1, -0.05) is 0 Å². The molecule has 3 saturated heterocycles. The molecule has 2 aromatic heterocycles. The van der Waals surface area contributed by atoms with Crippen LogP contribution in [-0.2, 0) is 16.1 Å².